The molecule has 35 heavy (non-hydrogen) atoms. The van der Waals surface area contributed by atoms with E-state index in [9.17, 15) is 24.8 Å². The van der Waals surface area contributed by atoms with E-state index in [1.807, 2.05) is 31.2 Å². The van der Waals surface area contributed by atoms with Gasteiger partial charge in [-0.2, -0.15) is 0 Å². The standard InChI is InChI=1S/C26H38NO7P/c1-19(27-15-22(29)17-33-24-9-10-25(30)21(14-24)16-28)13-20-5-7-23(8-6-20)34-18-26(35(31)32)11-3-2-4-12-26/h5-10,14,19,22,27-30,35H,2-4,11-13,15-18H2,1H3,(H,31,32). The molecule has 0 saturated heterocycles. The molecule has 8 nitrogen and oxygen atoms in total. The third-order valence-electron chi connectivity index (χ3n) is 6.61. The number of rotatable bonds is 13. The molecule has 0 heterocycles. The number of phenols is 1. The summed E-state index contributed by atoms with van der Waals surface area (Å²) in [6.07, 6.45) is 4.62. The van der Waals surface area contributed by atoms with Gasteiger partial charge in [0.2, 0.25) is 0 Å². The summed E-state index contributed by atoms with van der Waals surface area (Å²) in [4.78, 5) is 9.88. The molecule has 1 fully saturated rings. The SMILES string of the molecule is CC(Cc1ccc(OCC2([PH](=O)O)CCCCC2)cc1)NCC(O)COc1ccc(O)c(CO)c1. The van der Waals surface area contributed by atoms with E-state index in [2.05, 4.69) is 5.32 Å². The molecule has 9 heteroatoms. The van der Waals surface area contributed by atoms with Gasteiger partial charge in [0.1, 0.15) is 36.6 Å². The van der Waals surface area contributed by atoms with E-state index in [1.165, 1.54) is 6.07 Å². The van der Waals surface area contributed by atoms with Crippen LogP contribution < -0.4 is 14.8 Å². The lowest BCUT2D eigenvalue weighted by Crippen LogP contribution is -2.37. The van der Waals surface area contributed by atoms with Crippen LogP contribution in [0.3, 0.4) is 0 Å². The molecule has 1 saturated carbocycles. The summed E-state index contributed by atoms with van der Waals surface area (Å²) in [7, 11) is -2.66. The molecule has 1 aliphatic carbocycles. The number of benzene rings is 2. The molecule has 3 unspecified atom stereocenters. The van der Waals surface area contributed by atoms with Gasteiger partial charge in [0.25, 0.3) is 0 Å². The van der Waals surface area contributed by atoms with Crippen molar-refractivity contribution in [1.82, 2.24) is 5.32 Å². The van der Waals surface area contributed by atoms with Crippen LogP contribution in [0.2, 0.25) is 0 Å². The van der Waals surface area contributed by atoms with Crippen molar-refractivity contribution in [3.05, 3.63) is 53.6 Å². The summed E-state index contributed by atoms with van der Waals surface area (Å²) in [5, 5.41) is 31.8. The number of nitrogens with one attached hydrogen (secondary N) is 1. The van der Waals surface area contributed by atoms with Gasteiger partial charge in [0.05, 0.1) is 11.8 Å². The molecule has 3 rings (SSSR count). The van der Waals surface area contributed by atoms with Gasteiger partial charge in [0.15, 0.2) is 8.03 Å². The van der Waals surface area contributed by atoms with Crippen molar-refractivity contribution in [3.63, 3.8) is 0 Å². The topological polar surface area (TPSA) is 128 Å². The number of aromatic hydroxyl groups is 1. The summed E-state index contributed by atoms with van der Waals surface area (Å²) in [5.74, 6) is 1.18. The van der Waals surface area contributed by atoms with Gasteiger partial charge in [-0.05, 0) is 62.1 Å². The molecule has 194 valence electrons. The Morgan fingerprint density at radius 3 is 2.40 bits per heavy atom. The van der Waals surface area contributed by atoms with E-state index in [4.69, 9.17) is 9.47 Å². The zero-order valence-electron chi connectivity index (χ0n) is 20.3. The minimum absolute atomic E-state index is 0.00565. The van der Waals surface area contributed by atoms with Crippen LogP contribution in [0.25, 0.3) is 0 Å². The predicted molar refractivity (Wildman–Crippen MR) is 136 cm³/mol. The van der Waals surface area contributed by atoms with E-state index in [0.717, 1.165) is 44.1 Å². The third-order valence-corrected chi connectivity index (χ3v) is 8.16. The Bertz CT molecular complexity index is 947. The second kappa shape index (κ2) is 13.3. The van der Waals surface area contributed by atoms with E-state index < -0.39 is 19.3 Å². The molecular formula is C26H38NO7P. The minimum atomic E-state index is -2.66. The van der Waals surface area contributed by atoms with Crippen molar-refractivity contribution in [2.24, 2.45) is 0 Å². The number of hydrogen-bond acceptors (Lipinski definition) is 7. The van der Waals surface area contributed by atoms with Crippen molar-refractivity contribution in [1.29, 1.82) is 0 Å². The van der Waals surface area contributed by atoms with Crippen molar-refractivity contribution in [2.75, 3.05) is 19.8 Å². The Labute approximate surface area is 207 Å². The number of hydrogen-bond donors (Lipinski definition) is 5. The molecule has 0 bridgehead atoms. The maximum atomic E-state index is 12.0. The first-order chi connectivity index (χ1) is 16.8. The molecule has 2 aromatic carbocycles. The number of aliphatic hydroxyl groups excluding tert-OH is 2. The fourth-order valence-electron chi connectivity index (χ4n) is 4.38. The summed E-state index contributed by atoms with van der Waals surface area (Å²) >= 11 is 0. The zero-order valence-corrected chi connectivity index (χ0v) is 21.3. The zero-order chi connectivity index (χ0) is 25.3. The Kier molecular flexibility index (Phi) is 10.4. The lowest BCUT2D eigenvalue weighted by Gasteiger charge is -2.34. The molecule has 0 aromatic heterocycles. The molecule has 0 spiro atoms. The minimum Gasteiger partial charge on any atom is -0.508 e. The van der Waals surface area contributed by atoms with E-state index in [0.29, 0.717) is 23.6 Å². The lowest BCUT2D eigenvalue weighted by molar-refractivity contribution is 0.104. The summed E-state index contributed by atoms with van der Waals surface area (Å²) < 4.78 is 23.5. The molecule has 0 amide bonds. The quantitative estimate of drug-likeness (QED) is 0.261. The van der Waals surface area contributed by atoms with Gasteiger partial charge in [-0.25, -0.2) is 0 Å². The lowest BCUT2D eigenvalue weighted by atomic mass is 9.89. The first kappa shape index (κ1) is 27.5. The van der Waals surface area contributed by atoms with Crippen LogP contribution in [0.15, 0.2) is 42.5 Å². The normalized spacial score (nSPS) is 17.9. The van der Waals surface area contributed by atoms with Crippen LogP contribution in [0.4, 0.5) is 0 Å². The van der Waals surface area contributed by atoms with E-state index in [1.54, 1.807) is 12.1 Å². The third kappa shape index (κ3) is 8.23. The fraction of sp³-hybridized carbons (Fsp3) is 0.538. The van der Waals surface area contributed by atoms with E-state index in [-0.39, 0.29) is 31.6 Å². The maximum Gasteiger partial charge on any atom is 0.198 e. The monoisotopic (exact) mass is 507 g/mol. The van der Waals surface area contributed by atoms with Gasteiger partial charge in [0, 0.05) is 18.2 Å². The smallest absolute Gasteiger partial charge is 0.198 e. The average Bonchev–Trinajstić information content (AvgIpc) is 2.87. The van der Waals surface area contributed by atoms with Crippen LogP contribution in [-0.2, 0) is 17.6 Å². The van der Waals surface area contributed by atoms with Crippen molar-refractivity contribution < 1.29 is 34.3 Å². The first-order valence-corrected chi connectivity index (χ1v) is 13.6. The molecule has 0 radical (unpaired) electrons. The van der Waals surface area contributed by atoms with E-state index >= 15 is 0 Å². The first-order valence-electron chi connectivity index (χ1n) is 12.2. The second-order valence-corrected chi connectivity index (χ2v) is 11.2. The highest BCUT2D eigenvalue weighted by Crippen LogP contribution is 2.46. The highest BCUT2D eigenvalue weighted by Gasteiger charge is 2.38. The fourth-order valence-corrected chi connectivity index (χ4v) is 5.36. The van der Waals surface area contributed by atoms with Gasteiger partial charge in [-0.15, -0.1) is 0 Å². The largest absolute Gasteiger partial charge is 0.508 e. The summed E-state index contributed by atoms with van der Waals surface area (Å²) in [6, 6.07) is 12.5. The Morgan fingerprint density at radius 1 is 1.06 bits per heavy atom. The highest BCUT2D eigenvalue weighted by molar-refractivity contribution is 7.40. The molecule has 3 atom stereocenters. The van der Waals surface area contributed by atoms with Gasteiger partial charge in [-0.1, -0.05) is 31.4 Å². The van der Waals surface area contributed by atoms with Crippen LogP contribution in [0.5, 0.6) is 17.2 Å². The van der Waals surface area contributed by atoms with Crippen LogP contribution in [0, 0.1) is 0 Å². The molecule has 5 N–H and O–H groups in total. The number of aliphatic hydroxyl groups is 2. The van der Waals surface area contributed by atoms with Crippen molar-refractivity contribution in [3.8, 4) is 17.2 Å². The molecule has 0 aliphatic heterocycles. The summed E-state index contributed by atoms with van der Waals surface area (Å²) in [5.41, 5.74) is 1.49. The Morgan fingerprint density at radius 2 is 1.74 bits per heavy atom. The molecule has 1 aliphatic rings. The van der Waals surface area contributed by atoms with Crippen molar-refractivity contribution >= 4 is 8.03 Å². The van der Waals surface area contributed by atoms with Crippen LogP contribution in [-0.4, -0.2) is 57.3 Å². The van der Waals surface area contributed by atoms with Crippen molar-refractivity contribution in [2.45, 2.75) is 69.4 Å². The summed E-state index contributed by atoms with van der Waals surface area (Å²) in [6.45, 7) is 2.48. The molecular weight excluding hydrogens is 469 g/mol. The van der Waals surface area contributed by atoms with Gasteiger partial charge >= 0.3 is 0 Å². The maximum absolute atomic E-state index is 12.0. The number of ether oxygens (including phenoxy) is 2. The van der Waals surface area contributed by atoms with Gasteiger partial charge < -0.3 is 35.0 Å². The second-order valence-electron chi connectivity index (χ2n) is 9.51. The highest BCUT2D eigenvalue weighted by atomic mass is 31.1. The molecule has 2 aromatic rings. The average molecular weight is 508 g/mol. The van der Waals surface area contributed by atoms with Crippen LogP contribution >= 0.6 is 8.03 Å². The Balaban J connectivity index is 1.39. The Hall–Kier alpha value is -2.09. The predicted octanol–water partition coefficient (Wildman–Crippen LogP) is 3.39. The van der Waals surface area contributed by atoms with Gasteiger partial charge in [-0.3, -0.25) is 4.57 Å². The van der Waals surface area contributed by atoms with Crippen LogP contribution in [0.1, 0.15) is 50.2 Å².